The zero-order valence-corrected chi connectivity index (χ0v) is 18.7. The maximum absolute atomic E-state index is 13.3. The van der Waals surface area contributed by atoms with Crippen LogP contribution in [0.25, 0.3) is 0 Å². The molecule has 0 saturated carbocycles. The van der Waals surface area contributed by atoms with E-state index in [0.29, 0.717) is 38.3 Å². The second kappa shape index (κ2) is 8.99. The molecule has 31 heavy (non-hydrogen) atoms. The van der Waals surface area contributed by atoms with Gasteiger partial charge in [-0.2, -0.15) is 0 Å². The van der Waals surface area contributed by atoms with Crippen molar-refractivity contribution in [3.8, 4) is 11.5 Å². The molecule has 1 aromatic heterocycles. The Kier molecular flexibility index (Phi) is 6.15. The lowest BCUT2D eigenvalue weighted by atomic mass is 10.1. The molecule has 2 amide bonds. The summed E-state index contributed by atoms with van der Waals surface area (Å²) < 4.78 is 10.6. The van der Waals surface area contributed by atoms with Gasteiger partial charge in [-0.3, -0.25) is 9.59 Å². The van der Waals surface area contributed by atoms with Gasteiger partial charge in [0.1, 0.15) is 16.5 Å². The van der Waals surface area contributed by atoms with Crippen molar-refractivity contribution < 1.29 is 19.1 Å². The third-order valence-electron chi connectivity index (χ3n) is 5.14. The number of ether oxygens (including phenoxy) is 2. The van der Waals surface area contributed by atoms with Crippen LogP contribution in [0.2, 0.25) is 5.02 Å². The van der Waals surface area contributed by atoms with Crippen LogP contribution in [0.1, 0.15) is 37.6 Å². The number of methoxy groups -OCH3 is 2. The summed E-state index contributed by atoms with van der Waals surface area (Å²) in [6, 6.07) is 11.8. The Hall–Kier alpha value is -3.03. The highest BCUT2D eigenvalue weighted by atomic mass is 35.5. The maximum Gasteiger partial charge on any atom is 0.259 e. The van der Waals surface area contributed by atoms with E-state index in [4.69, 9.17) is 21.1 Å². The number of hydrogen-bond donors (Lipinski definition) is 2. The summed E-state index contributed by atoms with van der Waals surface area (Å²) >= 11 is 7.37. The van der Waals surface area contributed by atoms with Crippen molar-refractivity contribution in [3.63, 3.8) is 0 Å². The summed E-state index contributed by atoms with van der Waals surface area (Å²) in [5.41, 5.74) is 2.52. The number of carbonyl (C=O) groups excluding carboxylic acids is 2. The first-order chi connectivity index (χ1) is 15.0. The molecule has 1 aliphatic carbocycles. The number of benzene rings is 2. The summed E-state index contributed by atoms with van der Waals surface area (Å²) in [7, 11) is 3.10. The van der Waals surface area contributed by atoms with Crippen LogP contribution in [-0.2, 0) is 12.8 Å². The van der Waals surface area contributed by atoms with E-state index in [-0.39, 0.29) is 11.8 Å². The summed E-state index contributed by atoms with van der Waals surface area (Å²) in [5.74, 6) is 0.551. The van der Waals surface area contributed by atoms with Crippen LogP contribution < -0.4 is 20.1 Å². The number of aryl methyl sites for hydroxylation is 1. The standard InChI is InChI=1S/C23H21ClN2O4S/c1-29-15-10-11-17(18(12-15)30-2)25-22(28)20-16-4-3-5-19(16)31-23(20)26-21(27)13-6-8-14(24)9-7-13/h6-12H,3-5H2,1-2H3,(H,25,28)(H,26,27). The number of halogens is 1. The van der Waals surface area contributed by atoms with Gasteiger partial charge >= 0.3 is 0 Å². The van der Waals surface area contributed by atoms with Crippen LogP contribution in [0, 0.1) is 0 Å². The lowest BCUT2D eigenvalue weighted by Gasteiger charge is -2.13. The SMILES string of the molecule is COc1ccc(NC(=O)c2c(NC(=O)c3ccc(Cl)cc3)sc3c2CCC3)c(OC)c1. The largest absolute Gasteiger partial charge is 0.497 e. The number of hydrogen-bond acceptors (Lipinski definition) is 5. The van der Waals surface area contributed by atoms with Gasteiger partial charge in [0.2, 0.25) is 0 Å². The molecule has 0 spiro atoms. The van der Waals surface area contributed by atoms with E-state index in [0.717, 1.165) is 29.7 Å². The van der Waals surface area contributed by atoms with Gasteiger partial charge < -0.3 is 20.1 Å². The van der Waals surface area contributed by atoms with Gasteiger partial charge in [0, 0.05) is 21.5 Å². The van der Waals surface area contributed by atoms with Gasteiger partial charge in [0.25, 0.3) is 11.8 Å². The van der Waals surface area contributed by atoms with Crippen molar-refractivity contribution in [2.75, 3.05) is 24.9 Å². The Balaban J connectivity index is 1.63. The van der Waals surface area contributed by atoms with E-state index in [2.05, 4.69) is 10.6 Å². The topological polar surface area (TPSA) is 76.7 Å². The second-order valence-electron chi connectivity index (χ2n) is 7.04. The molecule has 0 bridgehead atoms. The van der Waals surface area contributed by atoms with Crippen molar-refractivity contribution in [1.82, 2.24) is 0 Å². The minimum atomic E-state index is -0.285. The Bertz CT molecular complexity index is 1140. The number of nitrogens with one attached hydrogen (secondary N) is 2. The minimum absolute atomic E-state index is 0.283. The quantitative estimate of drug-likeness (QED) is 0.519. The third kappa shape index (κ3) is 4.38. The normalized spacial score (nSPS) is 12.2. The zero-order valence-electron chi connectivity index (χ0n) is 17.1. The lowest BCUT2D eigenvalue weighted by Crippen LogP contribution is -2.18. The summed E-state index contributed by atoms with van der Waals surface area (Å²) in [4.78, 5) is 27.2. The summed E-state index contributed by atoms with van der Waals surface area (Å²) in [5, 5.41) is 6.94. The molecule has 1 heterocycles. The van der Waals surface area contributed by atoms with E-state index >= 15 is 0 Å². The van der Waals surface area contributed by atoms with Crippen molar-refractivity contribution in [2.45, 2.75) is 19.3 Å². The lowest BCUT2D eigenvalue weighted by molar-refractivity contribution is 0.102. The van der Waals surface area contributed by atoms with Gasteiger partial charge in [-0.05, 0) is 61.2 Å². The van der Waals surface area contributed by atoms with Gasteiger partial charge in [-0.1, -0.05) is 11.6 Å². The Morgan fingerprint density at radius 3 is 2.45 bits per heavy atom. The molecular formula is C23H21ClN2O4S. The first kappa shape index (κ1) is 21.2. The number of fused-ring (bicyclic) bond motifs is 1. The number of carbonyl (C=O) groups is 2. The molecule has 2 N–H and O–H groups in total. The van der Waals surface area contributed by atoms with Crippen LogP contribution in [-0.4, -0.2) is 26.0 Å². The zero-order chi connectivity index (χ0) is 22.0. The van der Waals surface area contributed by atoms with E-state index in [9.17, 15) is 9.59 Å². The molecule has 0 atom stereocenters. The monoisotopic (exact) mass is 456 g/mol. The predicted octanol–water partition coefficient (Wildman–Crippen LogP) is 5.41. The van der Waals surface area contributed by atoms with Crippen LogP contribution in [0.15, 0.2) is 42.5 Å². The van der Waals surface area contributed by atoms with Crippen molar-refractivity contribution in [2.24, 2.45) is 0 Å². The van der Waals surface area contributed by atoms with E-state index in [1.54, 1.807) is 49.6 Å². The first-order valence-corrected chi connectivity index (χ1v) is 10.9. The van der Waals surface area contributed by atoms with E-state index in [1.807, 2.05) is 0 Å². The number of thiophene rings is 1. The molecule has 0 radical (unpaired) electrons. The molecule has 0 fully saturated rings. The molecule has 4 rings (SSSR count). The molecule has 3 aromatic rings. The molecule has 0 saturated heterocycles. The van der Waals surface area contributed by atoms with Gasteiger partial charge in [-0.25, -0.2) is 0 Å². The van der Waals surface area contributed by atoms with Crippen LogP contribution in [0.4, 0.5) is 10.7 Å². The number of anilines is 2. The first-order valence-electron chi connectivity index (χ1n) is 9.75. The molecule has 8 heteroatoms. The van der Waals surface area contributed by atoms with Crippen molar-refractivity contribution in [1.29, 1.82) is 0 Å². The highest BCUT2D eigenvalue weighted by Gasteiger charge is 2.28. The fraction of sp³-hybridized carbons (Fsp3) is 0.217. The van der Waals surface area contributed by atoms with Gasteiger partial charge in [0.05, 0.1) is 25.5 Å². The number of amides is 2. The van der Waals surface area contributed by atoms with Crippen molar-refractivity contribution in [3.05, 3.63) is 69.1 Å². The Morgan fingerprint density at radius 2 is 1.74 bits per heavy atom. The predicted molar refractivity (Wildman–Crippen MR) is 123 cm³/mol. The van der Waals surface area contributed by atoms with Crippen LogP contribution in [0.3, 0.4) is 0 Å². The van der Waals surface area contributed by atoms with Crippen LogP contribution >= 0.6 is 22.9 Å². The molecular weight excluding hydrogens is 436 g/mol. The van der Waals surface area contributed by atoms with E-state index < -0.39 is 0 Å². The second-order valence-corrected chi connectivity index (χ2v) is 8.58. The molecule has 6 nitrogen and oxygen atoms in total. The average Bonchev–Trinajstić information content (AvgIpc) is 3.35. The number of rotatable bonds is 6. The Morgan fingerprint density at radius 1 is 0.968 bits per heavy atom. The van der Waals surface area contributed by atoms with Gasteiger partial charge in [-0.15, -0.1) is 11.3 Å². The molecule has 0 aliphatic heterocycles. The van der Waals surface area contributed by atoms with Crippen molar-refractivity contribution >= 4 is 45.4 Å². The highest BCUT2D eigenvalue weighted by molar-refractivity contribution is 7.17. The Labute approximate surface area is 189 Å². The molecule has 1 aliphatic rings. The summed E-state index contributed by atoms with van der Waals surface area (Å²) in [6.07, 6.45) is 2.72. The summed E-state index contributed by atoms with van der Waals surface area (Å²) in [6.45, 7) is 0. The fourth-order valence-corrected chi connectivity index (χ4v) is 5.00. The fourth-order valence-electron chi connectivity index (χ4n) is 3.60. The molecule has 0 unspecified atom stereocenters. The molecule has 160 valence electrons. The average molecular weight is 457 g/mol. The smallest absolute Gasteiger partial charge is 0.259 e. The molecule has 2 aromatic carbocycles. The maximum atomic E-state index is 13.3. The third-order valence-corrected chi connectivity index (χ3v) is 6.60. The van der Waals surface area contributed by atoms with Gasteiger partial charge in [0.15, 0.2) is 0 Å². The minimum Gasteiger partial charge on any atom is -0.497 e. The highest BCUT2D eigenvalue weighted by Crippen LogP contribution is 2.40. The van der Waals surface area contributed by atoms with Crippen LogP contribution in [0.5, 0.6) is 11.5 Å². The van der Waals surface area contributed by atoms with E-state index in [1.165, 1.54) is 18.4 Å².